The van der Waals surface area contributed by atoms with E-state index in [1.54, 1.807) is 0 Å². The molecule has 0 aromatic heterocycles. The number of hydrogen-bond donors (Lipinski definition) is 0. The highest BCUT2D eigenvalue weighted by Gasteiger charge is 2.60. The number of nitrogens with zero attached hydrogens (tertiary/aromatic N) is 4. The first-order chi connectivity index (χ1) is 38.8. The van der Waals surface area contributed by atoms with Crippen molar-refractivity contribution in [3.8, 4) is 0 Å². The molecule has 0 spiro atoms. The highest BCUT2D eigenvalue weighted by atomic mass is 15.3. The zero-order chi connectivity index (χ0) is 59.1. The highest BCUT2D eigenvalue weighted by Crippen LogP contribution is 2.64. The van der Waals surface area contributed by atoms with Crippen LogP contribution in [-0.4, -0.2) is 17.8 Å². The molecule has 5 heteroatoms. The van der Waals surface area contributed by atoms with Crippen LogP contribution in [0.15, 0.2) is 133 Å². The summed E-state index contributed by atoms with van der Waals surface area (Å²) in [5.74, 6) is 0. The molecule has 430 valence electrons. The first-order valence-electron chi connectivity index (χ1n) is 32.0. The van der Waals surface area contributed by atoms with Crippen molar-refractivity contribution < 1.29 is 0 Å². The van der Waals surface area contributed by atoms with Crippen LogP contribution in [0.3, 0.4) is 0 Å². The molecule has 0 saturated heterocycles. The lowest BCUT2D eigenvalue weighted by Crippen LogP contribution is -2.62. The molecular formula is C78H95BN4. The van der Waals surface area contributed by atoms with Gasteiger partial charge >= 0.3 is 0 Å². The fourth-order valence-corrected chi connectivity index (χ4v) is 16.7. The molecule has 7 aromatic rings. The maximum absolute atomic E-state index is 2.84. The third-order valence-electron chi connectivity index (χ3n) is 22.3. The number of anilines is 10. The van der Waals surface area contributed by atoms with E-state index in [-0.39, 0.29) is 55.7 Å². The average molecular weight is 1100 g/mol. The molecule has 0 bridgehead atoms. The largest absolute Gasteiger partial charge is 0.334 e. The fraction of sp³-hybridized carbons (Fsp3) is 0.462. The van der Waals surface area contributed by atoms with Gasteiger partial charge < -0.3 is 19.6 Å². The molecule has 0 amide bonds. The molecule has 2 fully saturated rings. The van der Waals surface area contributed by atoms with E-state index in [1.165, 1.54) is 151 Å². The molecule has 2 aliphatic carbocycles. The predicted octanol–water partition coefficient (Wildman–Crippen LogP) is 19.7. The van der Waals surface area contributed by atoms with Crippen LogP contribution in [0.4, 0.5) is 56.9 Å². The van der Waals surface area contributed by atoms with E-state index < -0.39 is 0 Å². The number of hydrogen-bond acceptors (Lipinski definition) is 4. The summed E-state index contributed by atoms with van der Waals surface area (Å²) >= 11 is 0. The molecule has 4 nitrogen and oxygen atoms in total. The predicted molar refractivity (Wildman–Crippen MR) is 360 cm³/mol. The van der Waals surface area contributed by atoms with Crippen molar-refractivity contribution >= 4 is 80.0 Å². The van der Waals surface area contributed by atoms with Crippen LogP contribution in [0, 0.1) is 0 Å². The van der Waals surface area contributed by atoms with Crippen molar-refractivity contribution in [2.75, 3.05) is 19.6 Å². The molecule has 7 aromatic carbocycles. The Hall–Kier alpha value is -6.20. The Bertz CT molecular complexity index is 3740. The van der Waals surface area contributed by atoms with Crippen molar-refractivity contribution in [1.82, 2.24) is 0 Å². The smallest absolute Gasteiger partial charge is 0.252 e. The van der Waals surface area contributed by atoms with Gasteiger partial charge in [-0.25, -0.2) is 0 Å². The minimum absolute atomic E-state index is 0.00436. The number of benzene rings is 7. The van der Waals surface area contributed by atoms with Gasteiger partial charge in [-0.2, -0.15) is 0 Å². The van der Waals surface area contributed by atoms with Crippen LogP contribution >= 0.6 is 0 Å². The lowest BCUT2D eigenvalue weighted by molar-refractivity contribution is 0.195. The second-order valence-electron chi connectivity index (χ2n) is 32.6. The van der Waals surface area contributed by atoms with Crippen LogP contribution in [-0.2, 0) is 37.9 Å². The lowest BCUT2D eigenvalue weighted by atomic mass is 9.33. The summed E-state index contributed by atoms with van der Waals surface area (Å²) in [7, 11) is 0. The Morgan fingerprint density at radius 1 is 0.313 bits per heavy atom. The maximum Gasteiger partial charge on any atom is 0.252 e. The number of fused-ring (bicyclic) bond motifs is 10. The SMILES string of the molecule is CC(C)(C)c1ccc(N2c3ccc(N4c5ccc(C(C)(C)C)cc5C5(C)CCCCC45C)cc3B3c4cc(C(C)(C)C)ccc4N(c4ccc(C(C)(C)C)cc4)c4cc(N5c6ccc(C(C)(C)C)cc6C6(C)CCCCC56C)cc2c43)cc1. The first kappa shape index (κ1) is 56.0. The van der Waals surface area contributed by atoms with Crippen molar-refractivity contribution in [2.45, 2.75) is 232 Å². The van der Waals surface area contributed by atoms with E-state index >= 15 is 0 Å². The molecule has 0 N–H and O–H groups in total. The van der Waals surface area contributed by atoms with E-state index in [4.69, 9.17) is 0 Å². The van der Waals surface area contributed by atoms with Crippen molar-refractivity contribution in [3.63, 3.8) is 0 Å². The quantitative estimate of drug-likeness (QED) is 0.163. The normalized spacial score (nSPS) is 23.8. The van der Waals surface area contributed by atoms with Gasteiger partial charge in [0.05, 0.1) is 11.1 Å². The van der Waals surface area contributed by atoms with Crippen LogP contribution in [0.25, 0.3) is 0 Å². The monoisotopic (exact) mass is 1100 g/mol. The van der Waals surface area contributed by atoms with E-state index in [9.17, 15) is 0 Å². The van der Waals surface area contributed by atoms with E-state index in [2.05, 4.69) is 285 Å². The Morgan fingerprint density at radius 3 is 1.05 bits per heavy atom. The van der Waals surface area contributed by atoms with E-state index in [0.717, 1.165) is 12.8 Å². The molecular weight excluding hydrogens is 1000 g/mol. The van der Waals surface area contributed by atoms with E-state index in [1.807, 2.05) is 0 Å². The Kier molecular flexibility index (Phi) is 12.2. The van der Waals surface area contributed by atoms with Gasteiger partial charge in [-0.3, -0.25) is 0 Å². The lowest BCUT2D eigenvalue weighted by Gasteiger charge is -2.51. The highest BCUT2D eigenvalue weighted by molar-refractivity contribution is 7.00. The van der Waals surface area contributed by atoms with Crippen molar-refractivity contribution in [1.29, 1.82) is 0 Å². The van der Waals surface area contributed by atoms with Gasteiger partial charge in [-0.15, -0.1) is 0 Å². The summed E-state index contributed by atoms with van der Waals surface area (Å²) < 4.78 is 0. The van der Waals surface area contributed by atoms with Crippen LogP contribution in [0.5, 0.6) is 0 Å². The molecule has 4 heterocycles. The van der Waals surface area contributed by atoms with Gasteiger partial charge in [0.15, 0.2) is 0 Å². The molecule has 4 atom stereocenters. The van der Waals surface area contributed by atoms with Gasteiger partial charge in [0.2, 0.25) is 0 Å². The topological polar surface area (TPSA) is 13.0 Å². The summed E-state index contributed by atoms with van der Waals surface area (Å²) in [4.78, 5) is 11.0. The molecule has 2 saturated carbocycles. The van der Waals surface area contributed by atoms with Crippen molar-refractivity contribution in [3.05, 3.63) is 172 Å². The van der Waals surface area contributed by atoms with Crippen LogP contribution < -0.4 is 36.0 Å². The van der Waals surface area contributed by atoms with Gasteiger partial charge in [0, 0.05) is 67.7 Å². The van der Waals surface area contributed by atoms with Crippen LogP contribution in [0.2, 0.25) is 0 Å². The second kappa shape index (κ2) is 18.2. The minimum atomic E-state index is -0.151. The number of rotatable bonds is 4. The second-order valence-corrected chi connectivity index (χ2v) is 32.6. The summed E-state index contributed by atoms with van der Waals surface area (Å²) in [5.41, 5.74) is 26.6. The molecule has 13 rings (SSSR count). The minimum Gasteiger partial charge on any atom is -0.334 e. The van der Waals surface area contributed by atoms with Gasteiger partial charge in [0.25, 0.3) is 6.71 Å². The zero-order valence-corrected chi connectivity index (χ0v) is 54.2. The Balaban J connectivity index is 1.13. The standard InChI is InChI=1S/C78H95BN4/c1-70(2,3)50-24-31-55(32-25-50)80-65-38-30-54(74(13,14)15)46-61(65)79-62-47-57(82-63-36-28-52(72(7,8)9)44-59(63)75(16)40-20-22-42-77(75,82)18)35-39-66(62)81(56-33-26-51(27-34-56)71(4,5)6)68-49-58(48-67(80)69(68)79)83-64-37-29-53(73(10,11)12)45-60(64)76(17)41-21-23-43-78(76,83)19/h24-39,44-49H,20-23,40-43H2,1-19H3. The Labute approximate surface area is 501 Å². The van der Waals surface area contributed by atoms with Crippen molar-refractivity contribution in [2.24, 2.45) is 0 Å². The summed E-state index contributed by atoms with van der Waals surface area (Å²) in [6.45, 7) is 45.8. The third-order valence-corrected chi connectivity index (χ3v) is 22.3. The summed E-state index contributed by atoms with van der Waals surface area (Å²) in [5, 5.41) is 0. The molecule has 0 radical (unpaired) electrons. The van der Waals surface area contributed by atoms with Gasteiger partial charge in [0.1, 0.15) is 0 Å². The Morgan fingerprint density at radius 2 is 0.639 bits per heavy atom. The van der Waals surface area contributed by atoms with E-state index in [0.29, 0.717) is 0 Å². The van der Waals surface area contributed by atoms with Gasteiger partial charge in [-0.1, -0.05) is 204 Å². The third kappa shape index (κ3) is 8.24. The van der Waals surface area contributed by atoms with Gasteiger partial charge in [-0.05, 0) is 195 Å². The average Bonchev–Trinajstić information content (AvgIpc) is 1.91. The molecule has 4 unspecified atom stereocenters. The maximum atomic E-state index is 2.84. The zero-order valence-electron chi connectivity index (χ0n) is 54.2. The fourth-order valence-electron chi connectivity index (χ4n) is 16.7. The molecule has 4 aliphatic heterocycles. The summed E-state index contributed by atoms with van der Waals surface area (Å²) in [6.07, 6.45) is 9.62. The molecule has 6 aliphatic rings. The molecule has 83 heavy (non-hydrogen) atoms. The summed E-state index contributed by atoms with van der Waals surface area (Å²) in [6, 6.07) is 54.9. The van der Waals surface area contributed by atoms with Crippen LogP contribution in [0.1, 0.15) is 222 Å². The first-order valence-corrected chi connectivity index (χ1v) is 32.0.